The average molecular weight is 323 g/mol. The fraction of sp³-hybridized carbons (Fsp3) is 0.812. The van der Waals surface area contributed by atoms with Gasteiger partial charge in [0, 0.05) is 32.7 Å². The summed E-state index contributed by atoms with van der Waals surface area (Å²) in [4.78, 5) is 41.6. The average Bonchev–Trinajstić information content (AvgIpc) is 3.24. The molecule has 128 valence electrons. The van der Waals surface area contributed by atoms with E-state index in [-0.39, 0.29) is 17.9 Å². The van der Waals surface area contributed by atoms with Gasteiger partial charge in [-0.1, -0.05) is 0 Å². The maximum absolute atomic E-state index is 12.7. The van der Waals surface area contributed by atoms with Gasteiger partial charge in [-0.15, -0.1) is 0 Å². The van der Waals surface area contributed by atoms with Crippen LogP contribution in [0.2, 0.25) is 0 Å². The summed E-state index contributed by atoms with van der Waals surface area (Å²) in [5.74, 6) is -1.26. The minimum absolute atomic E-state index is 0.0382. The van der Waals surface area contributed by atoms with Gasteiger partial charge < -0.3 is 19.8 Å². The van der Waals surface area contributed by atoms with E-state index in [2.05, 4.69) is 0 Å². The molecule has 0 aromatic heterocycles. The number of likely N-dealkylation sites (tertiary alicyclic amines) is 3. The number of carboxylic acid groups (broad SMARTS) is 1. The molecule has 3 heterocycles. The fourth-order valence-electron chi connectivity index (χ4n) is 3.98. The van der Waals surface area contributed by atoms with E-state index in [9.17, 15) is 19.5 Å². The van der Waals surface area contributed by atoms with Gasteiger partial charge in [-0.25, -0.2) is 9.59 Å². The highest BCUT2D eigenvalue weighted by molar-refractivity contribution is 5.86. The maximum Gasteiger partial charge on any atom is 0.326 e. The normalized spacial score (nSPS) is 28.3. The molecule has 7 heteroatoms. The number of carbonyl (C=O) groups is 3. The van der Waals surface area contributed by atoms with E-state index >= 15 is 0 Å². The molecule has 0 saturated carbocycles. The van der Waals surface area contributed by atoms with E-state index in [1.54, 1.807) is 4.90 Å². The van der Waals surface area contributed by atoms with Crippen molar-refractivity contribution >= 4 is 17.9 Å². The molecule has 0 bridgehead atoms. The first-order valence-electron chi connectivity index (χ1n) is 8.65. The van der Waals surface area contributed by atoms with Crippen LogP contribution in [0.1, 0.15) is 38.5 Å². The number of hydrogen-bond donors (Lipinski definition) is 1. The molecule has 3 saturated heterocycles. The number of amides is 3. The zero-order chi connectivity index (χ0) is 16.4. The van der Waals surface area contributed by atoms with E-state index in [0.29, 0.717) is 26.1 Å². The SMILES string of the molecule is O=C(O)[C@H]1CCCN1C(=O)C1CCCN(C(=O)N2CCCC2)C1. The van der Waals surface area contributed by atoms with Crippen molar-refractivity contribution in [2.24, 2.45) is 5.92 Å². The van der Waals surface area contributed by atoms with Gasteiger partial charge in [-0.2, -0.15) is 0 Å². The summed E-state index contributed by atoms with van der Waals surface area (Å²) < 4.78 is 0. The number of carboxylic acids is 1. The predicted octanol–water partition coefficient (Wildman–Crippen LogP) is 0.990. The molecule has 2 atom stereocenters. The first-order chi connectivity index (χ1) is 11.1. The van der Waals surface area contributed by atoms with Crippen LogP contribution in [0.15, 0.2) is 0 Å². The lowest BCUT2D eigenvalue weighted by atomic mass is 9.96. The van der Waals surface area contributed by atoms with E-state index in [1.807, 2.05) is 4.90 Å². The molecule has 23 heavy (non-hydrogen) atoms. The molecular formula is C16H25N3O4. The van der Waals surface area contributed by atoms with Crippen molar-refractivity contribution < 1.29 is 19.5 Å². The van der Waals surface area contributed by atoms with Crippen LogP contribution in [0.3, 0.4) is 0 Å². The lowest BCUT2D eigenvalue weighted by Gasteiger charge is -2.36. The Bertz CT molecular complexity index is 490. The van der Waals surface area contributed by atoms with Crippen LogP contribution in [0.25, 0.3) is 0 Å². The van der Waals surface area contributed by atoms with Crippen molar-refractivity contribution in [2.75, 3.05) is 32.7 Å². The number of aliphatic carboxylic acids is 1. The number of rotatable bonds is 2. The lowest BCUT2D eigenvalue weighted by Crippen LogP contribution is -2.51. The largest absolute Gasteiger partial charge is 0.480 e. The summed E-state index contributed by atoms with van der Waals surface area (Å²) in [5.41, 5.74) is 0. The van der Waals surface area contributed by atoms with Crippen LogP contribution in [0, 0.1) is 5.92 Å². The fourth-order valence-corrected chi connectivity index (χ4v) is 3.98. The van der Waals surface area contributed by atoms with Gasteiger partial charge in [0.05, 0.1) is 5.92 Å². The van der Waals surface area contributed by atoms with Gasteiger partial charge in [0.25, 0.3) is 0 Å². The third kappa shape index (κ3) is 3.28. The van der Waals surface area contributed by atoms with Gasteiger partial charge in [-0.3, -0.25) is 4.79 Å². The number of nitrogens with zero attached hydrogens (tertiary/aromatic N) is 3. The molecule has 0 aliphatic carbocycles. The van der Waals surface area contributed by atoms with Gasteiger partial charge in [0.2, 0.25) is 5.91 Å². The first kappa shape index (κ1) is 16.1. The number of carbonyl (C=O) groups excluding carboxylic acids is 2. The second-order valence-corrected chi connectivity index (χ2v) is 6.79. The second kappa shape index (κ2) is 6.76. The van der Waals surface area contributed by atoms with Crippen LogP contribution in [0.5, 0.6) is 0 Å². The molecule has 7 nitrogen and oxygen atoms in total. The molecule has 1 N–H and O–H groups in total. The Kier molecular flexibility index (Phi) is 4.73. The Morgan fingerprint density at radius 3 is 2.17 bits per heavy atom. The van der Waals surface area contributed by atoms with Gasteiger partial charge in [0.15, 0.2) is 0 Å². The topological polar surface area (TPSA) is 81.2 Å². The van der Waals surface area contributed by atoms with Gasteiger partial charge in [-0.05, 0) is 38.5 Å². The quantitative estimate of drug-likeness (QED) is 0.822. The Morgan fingerprint density at radius 1 is 0.826 bits per heavy atom. The molecular weight excluding hydrogens is 298 g/mol. The van der Waals surface area contributed by atoms with Crippen molar-refractivity contribution in [3.05, 3.63) is 0 Å². The number of urea groups is 1. The third-order valence-electron chi connectivity index (χ3n) is 5.24. The summed E-state index contributed by atoms with van der Waals surface area (Å²) >= 11 is 0. The van der Waals surface area contributed by atoms with Crippen molar-refractivity contribution in [3.63, 3.8) is 0 Å². The van der Waals surface area contributed by atoms with E-state index < -0.39 is 12.0 Å². The van der Waals surface area contributed by atoms with Crippen molar-refractivity contribution in [1.82, 2.24) is 14.7 Å². The van der Waals surface area contributed by atoms with Crippen LogP contribution in [0.4, 0.5) is 4.79 Å². The Balaban J connectivity index is 1.62. The van der Waals surface area contributed by atoms with Crippen molar-refractivity contribution in [1.29, 1.82) is 0 Å². The summed E-state index contributed by atoms with van der Waals surface area (Å²) in [6, 6.07) is -0.650. The molecule has 0 radical (unpaired) electrons. The Hall–Kier alpha value is -1.79. The minimum Gasteiger partial charge on any atom is -0.480 e. The smallest absolute Gasteiger partial charge is 0.326 e. The van der Waals surface area contributed by atoms with Crippen LogP contribution < -0.4 is 0 Å². The van der Waals surface area contributed by atoms with Crippen molar-refractivity contribution in [2.45, 2.75) is 44.6 Å². The molecule has 0 aromatic carbocycles. The highest BCUT2D eigenvalue weighted by Crippen LogP contribution is 2.25. The third-order valence-corrected chi connectivity index (χ3v) is 5.24. The zero-order valence-electron chi connectivity index (χ0n) is 13.4. The monoisotopic (exact) mass is 323 g/mol. The van der Waals surface area contributed by atoms with E-state index in [4.69, 9.17) is 0 Å². The Morgan fingerprint density at radius 2 is 1.48 bits per heavy atom. The summed E-state index contributed by atoms with van der Waals surface area (Å²) in [6.07, 6.45) is 4.93. The summed E-state index contributed by atoms with van der Waals surface area (Å²) in [6.45, 7) is 3.26. The van der Waals surface area contributed by atoms with Crippen molar-refractivity contribution in [3.8, 4) is 0 Å². The number of hydrogen-bond acceptors (Lipinski definition) is 3. The molecule has 3 rings (SSSR count). The van der Waals surface area contributed by atoms with E-state index in [1.165, 1.54) is 4.90 Å². The summed E-state index contributed by atoms with van der Waals surface area (Å²) in [7, 11) is 0. The van der Waals surface area contributed by atoms with E-state index in [0.717, 1.165) is 45.2 Å². The zero-order valence-corrected chi connectivity index (χ0v) is 13.4. The highest BCUT2D eigenvalue weighted by atomic mass is 16.4. The number of piperidine rings is 1. The highest BCUT2D eigenvalue weighted by Gasteiger charge is 2.39. The standard InChI is InChI=1S/C16H25N3O4/c20-14(19-10-4-6-13(19)15(21)22)12-5-3-9-18(11-12)16(23)17-7-1-2-8-17/h12-13H,1-11H2,(H,21,22)/t12?,13-/m1/s1. The van der Waals surface area contributed by atoms with Crippen LogP contribution >= 0.6 is 0 Å². The first-order valence-corrected chi connectivity index (χ1v) is 8.65. The van der Waals surface area contributed by atoms with Crippen LogP contribution in [-0.4, -0.2) is 76.5 Å². The molecule has 3 aliphatic heterocycles. The van der Waals surface area contributed by atoms with Gasteiger partial charge >= 0.3 is 12.0 Å². The Labute approximate surface area is 136 Å². The lowest BCUT2D eigenvalue weighted by molar-refractivity contribution is -0.150. The molecule has 3 amide bonds. The molecule has 0 aromatic rings. The maximum atomic E-state index is 12.7. The van der Waals surface area contributed by atoms with Gasteiger partial charge in [0.1, 0.15) is 6.04 Å². The summed E-state index contributed by atoms with van der Waals surface area (Å²) in [5, 5.41) is 9.25. The predicted molar refractivity (Wildman–Crippen MR) is 82.9 cm³/mol. The molecule has 1 unspecified atom stereocenters. The van der Waals surface area contributed by atoms with Crippen LogP contribution in [-0.2, 0) is 9.59 Å². The molecule has 3 aliphatic rings. The second-order valence-electron chi connectivity index (χ2n) is 6.79. The minimum atomic E-state index is -0.920. The molecule has 0 spiro atoms. The molecule has 3 fully saturated rings.